The molecule has 0 aliphatic heterocycles. The molecule has 0 radical (unpaired) electrons. The highest BCUT2D eigenvalue weighted by Gasteiger charge is 2.16. The Morgan fingerprint density at radius 3 is 2.22 bits per heavy atom. The predicted octanol–water partition coefficient (Wildman–Crippen LogP) is 3.39. The highest BCUT2D eigenvalue weighted by Crippen LogP contribution is 2.30. The van der Waals surface area contributed by atoms with Crippen LogP contribution in [0.2, 0.25) is 0 Å². The van der Waals surface area contributed by atoms with E-state index >= 15 is 0 Å². The van der Waals surface area contributed by atoms with Crippen LogP contribution in [0.3, 0.4) is 0 Å². The van der Waals surface area contributed by atoms with Gasteiger partial charge in [0.25, 0.3) is 0 Å². The second-order valence-electron chi connectivity index (χ2n) is 3.03. The third-order valence-electron chi connectivity index (χ3n) is 2.35. The van der Waals surface area contributed by atoms with Gasteiger partial charge in [-0.05, 0) is 31.6 Å². The molecule has 0 saturated heterocycles. The van der Waals surface area contributed by atoms with Gasteiger partial charge < -0.3 is 0 Å². The standard InChI is InChI=1S/C8H15I/c1-2-7-3-5-8(9)6-4-7/h7-8H,2-6H2,1H3/t7-,8+. The Labute approximate surface area is 71.5 Å². The fourth-order valence-electron chi connectivity index (χ4n) is 1.53. The molecular weight excluding hydrogens is 223 g/mol. The summed E-state index contributed by atoms with van der Waals surface area (Å²) in [6.45, 7) is 2.32. The van der Waals surface area contributed by atoms with Gasteiger partial charge in [-0.2, -0.15) is 0 Å². The van der Waals surface area contributed by atoms with E-state index in [-0.39, 0.29) is 0 Å². The van der Waals surface area contributed by atoms with E-state index in [4.69, 9.17) is 0 Å². The van der Waals surface area contributed by atoms with Crippen LogP contribution in [0.15, 0.2) is 0 Å². The molecule has 1 saturated carbocycles. The summed E-state index contributed by atoms with van der Waals surface area (Å²) in [6, 6.07) is 0. The molecule has 54 valence electrons. The third-order valence-corrected chi connectivity index (χ3v) is 3.60. The number of alkyl halides is 1. The smallest absolute Gasteiger partial charge is 0.0110 e. The first-order chi connectivity index (χ1) is 4.33. The van der Waals surface area contributed by atoms with Gasteiger partial charge in [-0.1, -0.05) is 35.9 Å². The van der Waals surface area contributed by atoms with E-state index in [1.807, 2.05) is 0 Å². The Kier molecular flexibility index (Phi) is 3.30. The molecular formula is C8H15I. The Morgan fingerprint density at radius 2 is 1.78 bits per heavy atom. The monoisotopic (exact) mass is 238 g/mol. The summed E-state index contributed by atoms with van der Waals surface area (Å²) in [5.74, 6) is 1.07. The first-order valence-corrected chi connectivity index (χ1v) is 5.21. The van der Waals surface area contributed by atoms with Gasteiger partial charge in [-0.25, -0.2) is 0 Å². The number of hydrogen-bond donors (Lipinski definition) is 0. The summed E-state index contributed by atoms with van der Waals surface area (Å²) in [6.07, 6.45) is 7.33. The molecule has 1 aliphatic carbocycles. The summed E-state index contributed by atoms with van der Waals surface area (Å²) < 4.78 is 0.991. The second kappa shape index (κ2) is 3.79. The summed E-state index contributed by atoms with van der Waals surface area (Å²) >= 11 is 2.58. The first-order valence-electron chi connectivity index (χ1n) is 3.97. The maximum atomic E-state index is 2.58. The molecule has 1 aliphatic rings. The van der Waals surface area contributed by atoms with Crippen LogP contribution in [-0.2, 0) is 0 Å². The van der Waals surface area contributed by atoms with Gasteiger partial charge in [-0.15, -0.1) is 0 Å². The van der Waals surface area contributed by atoms with Gasteiger partial charge in [0.15, 0.2) is 0 Å². The fraction of sp³-hybridized carbons (Fsp3) is 1.00. The van der Waals surface area contributed by atoms with E-state index in [1.165, 1.54) is 32.1 Å². The fourth-order valence-corrected chi connectivity index (χ4v) is 2.25. The Hall–Kier alpha value is 0.730. The zero-order valence-corrected chi connectivity index (χ0v) is 8.23. The van der Waals surface area contributed by atoms with Crippen molar-refractivity contribution in [2.45, 2.75) is 43.0 Å². The van der Waals surface area contributed by atoms with Crippen molar-refractivity contribution in [2.75, 3.05) is 0 Å². The highest BCUT2D eigenvalue weighted by atomic mass is 127. The topological polar surface area (TPSA) is 0 Å². The van der Waals surface area contributed by atoms with Crippen molar-refractivity contribution >= 4 is 22.6 Å². The van der Waals surface area contributed by atoms with E-state index in [2.05, 4.69) is 29.5 Å². The molecule has 0 bridgehead atoms. The van der Waals surface area contributed by atoms with E-state index in [1.54, 1.807) is 0 Å². The Morgan fingerprint density at radius 1 is 1.22 bits per heavy atom. The molecule has 0 unspecified atom stereocenters. The molecule has 1 rings (SSSR count). The molecule has 0 heterocycles. The van der Waals surface area contributed by atoms with Gasteiger partial charge in [0.2, 0.25) is 0 Å². The maximum absolute atomic E-state index is 2.58. The molecule has 9 heavy (non-hydrogen) atoms. The molecule has 0 nitrogen and oxygen atoms in total. The average molecular weight is 238 g/mol. The van der Waals surface area contributed by atoms with Crippen LogP contribution in [0.1, 0.15) is 39.0 Å². The van der Waals surface area contributed by atoms with Crippen LogP contribution in [0.5, 0.6) is 0 Å². The lowest BCUT2D eigenvalue weighted by Crippen LogP contribution is -2.12. The van der Waals surface area contributed by atoms with Gasteiger partial charge in [-0.3, -0.25) is 0 Å². The van der Waals surface area contributed by atoms with E-state index < -0.39 is 0 Å². The van der Waals surface area contributed by atoms with Gasteiger partial charge in [0.05, 0.1) is 0 Å². The quantitative estimate of drug-likeness (QED) is 0.485. The van der Waals surface area contributed by atoms with Crippen molar-refractivity contribution in [3.05, 3.63) is 0 Å². The van der Waals surface area contributed by atoms with Crippen LogP contribution in [0.4, 0.5) is 0 Å². The number of halogens is 1. The molecule has 0 amide bonds. The minimum atomic E-state index is 0.991. The maximum Gasteiger partial charge on any atom is 0.0110 e. The van der Waals surface area contributed by atoms with Crippen molar-refractivity contribution < 1.29 is 0 Å². The van der Waals surface area contributed by atoms with Crippen LogP contribution in [0.25, 0.3) is 0 Å². The first kappa shape index (κ1) is 7.83. The zero-order valence-electron chi connectivity index (χ0n) is 6.07. The minimum absolute atomic E-state index is 0.991. The predicted molar refractivity (Wildman–Crippen MR) is 50.1 cm³/mol. The van der Waals surface area contributed by atoms with E-state index in [0.29, 0.717) is 0 Å². The van der Waals surface area contributed by atoms with Crippen LogP contribution in [0, 0.1) is 5.92 Å². The summed E-state index contributed by atoms with van der Waals surface area (Å²) in [7, 11) is 0. The Balaban J connectivity index is 2.18. The molecule has 0 N–H and O–H groups in total. The normalized spacial score (nSPS) is 36.7. The lowest BCUT2D eigenvalue weighted by molar-refractivity contribution is 0.362. The van der Waals surface area contributed by atoms with Crippen molar-refractivity contribution in [3.63, 3.8) is 0 Å². The van der Waals surface area contributed by atoms with E-state index in [9.17, 15) is 0 Å². The molecule has 1 heteroatoms. The van der Waals surface area contributed by atoms with Crippen molar-refractivity contribution in [1.29, 1.82) is 0 Å². The third kappa shape index (κ3) is 2.44. The van der Waals surface area contributed by atoms with Crippen LogP contribution >= 0.6 is 22.6 Å². The zero-order chi connectivity index (χ0) is 6.69. The molecule has 0 spiro atoms. The summed E-state index contributed by atoms with van der Waals surface area (Å²) in [4.78, 5) is 0. The largest absolute Gasteiger partial charge is 0.0826 e. The van der Waals surface area contributed by atoms with Gasteiger partial charge in [0, 0.05) is 3.92 Å². The molecule has 0 aromatic rings. The molecule has 0 aromatic carbocycles. The highest BCUT2D eigenvalue weighted by molar-refractivity contribution is 14.1. The Bertz CT molecular complexity index is 72.6. The molecule has 0 atom stereocenters. The lowest BCUT2D eigenvalue weighted by atomic mass is 9.88. The SMILES string of the molecule is CC[C@H]1CC[C@@H](I)CC1. The van der Waals surface area contributed by atoms with Crippen molar-refractivity contribution in [3.8, 4) is 0 Å². The molecule has 1 fully saturated rings. The van der Waals surface area contributed by atoms with Gasteiger partial charge in [0.1, 0.15) is 0 Å². The van der Waals surface area contributed by atoms with Crippen LogP contribution in [-0.4, -0.2) is 3.92 Å². The van der Waals surface area contributed by atoms with Crippen LogP contribution < -0.4 is 0 Å². The van der Waals surface area contributed by atoms with Gasteiger partial charge >= 0.3 is 0 Å². The van der Waals surface area contributed by atoms with Crippen molar-refractivity contribution in [1.82, 2.24) is 0 Å². The summed E-state index contributed by atoms with van der Waals surface area (Å²) in [5, 5.41) is 0. The van der Waals surface area contributed by atoms with Crippen molar-refractivity contribution in [2.24, 2.45) is 5.92 Å². The lowest BCUT2D eigenvalue weighted by Gasteiger charge is -2.23. The number of rotatable bonds is 1. The summed E-state index contributed by atoms with van der Waals surface area (Å²) in [5.41, 5.74) is 0. The molecule has 0 aromatic heterocycles. The second-order valence-corrected chi connectivity index (χ2v) is 4.79. The van der Waals surface area contributed by atoms with E-state index in [0.717, 1.165) is 9.84 Å². The average Bonchev–Trinajstić information content (AvgIpc) is 1.90. The minimum Gasteiger partial charge on any atom is -0.0826 e. The number of hydrogen-bond acceptors (Lipinski definition) is 0.